The molecule has 1 fully saturated rings. The molecule has 0 saturated heterocycles. The van der Waals surface area contributed by atoms with Crippen LogP contribution in [0.2, 0.25) is 0 Å². The maximum atomic E-state index is 6.21. The molecule has 0 heterocycles. The fourth-order valence-corrected chi connectivity index (χ4v) is 1.89. The Balaban J connectivity index is 2.15. The smallest absolute Gasteiger partial charge is 0.0344 e. The van der Waals surface area contributed by atoms with Crippen LogP contribution in [0.3, 0.4) is 0 Å². The number of nitrogens with two attached hydrogens (primary N) is 1. The summed E-state index contributed by atoms with van der Waals surface area (Å²) in [4.78, 5) is 0. The molecule has 15 heavy (non-hydrogen) atoms. The zero-order chi connectivity index (χ0) is 11.1. The summed E-state index contributed by atoms with van der Waals surface area (Å²) in [6.45, 7) is 6.56. The average molecular weight is 203 g/mol. The molecule has 1 nitrogen and oxygen atoms in total. The summed E-state index contributed by atoms with van der Waals surface area (Å²) in [6, 6.07) is 9.02. The molecule has 2 rings (SSSR count). The molecule has 1 aliphatic carbocycles. The Morgan fingerprint density at radius 2 is 1.67 bits per heavy atom. The maximum Gasteiger partial charge on any atom is 0.0344 e. The first-order chi connectivity index (χ1) is 6.98. The lowest BCUT2D eigenvalue weighted by molar-refractivity contribution is 0.327. The molecular formula is C14H21N. The fraction of sp³-hybridized carbons (Fsp3) is 0.571. The standard InChI is InChI=1S/C14H21N/c1-14(2,3)13(15)12-8-6-11(7-9-12)10-4-5-10/h6-10,13H,4-5,15H2,1-3H3/t13-/m0/s1. The largest absolute Gasteiger partial charge is 0.324 e. The van der Waals surface area contributed by atoms with Crippen molar-refractivity contribution in [2.24, 2.45) is 11.1 Å². The van der Waals surface area contributed by atoms with Crippen molar-refractivity contribution in [1.82, 2.24) is 0 Å². The molecule has 1 heteroatoms. The molecule has 2 N–H and O–H groups in total. The van der Waals surface area contributed by atoms with E-state index in [1.165, 1.54) is 24.0 Å². The second kappa shape index (κ2) is 3.64. The summed E-state index contributed by atoms with van der Waals surface area (Å²) < 4.78 is 0. The van der Waals surface area contributed by atoms with Crippen molar-refractivity contribution in [1.29, 1.82) is 0 Å². The molecule has 0 aliphatic heterocycles. The monoisotopic (exact) mass is 203 g/mol. The van der Waals surface area contributed by atoms with E-state index in [4.69, 9.17) is 5.73 Å². The van der Waals surface area contributed by atoms with Gasteiger partial charge < -0.3 is 5.73 Å². The second-order valence-electron chi connectivity index (χ2n) is 5.78. The van der Waals surface area contributed by atoms with Gasteiger partial charge in [-0.15, -0.1) is 0 Å². The predicted octanol–water partition coefficient (Wildman–Crippen LogP) is 3.61. The minimum absolute atomic E-state index is 0.130. The quantitative estimate of drug-likeness (QED) is 0.780. The van der Waals surface area contributed by atoms with Gasteiger partial charge in [0.1, 0.15) is 0 Å². The third-order valence-corrected chi connectivity index (χ3v) is 3.28. The number of rotatable bonds is 2. The minimum atomic E-state index is 0.130. The first-order valence-electron chi connectivity index (χ1n) is 5.84. The lowest BCUT2D eigenvalue weighted by Gasteiger charge is -2.27. The van der Waals surface area contributed by atoms with Crippen LogP contribution in [-0.4, -0.2) is 0 Å². The van der Waals surface area contributed by atoms with Crippen molar-refractivity contribution in [3.63, 3.8) is 0 Å². The van der Waals surface area contributed by atoms with E-state index in [2.05, 4.69) is 45.0 Å². The molecule has 1 atom stereocenters. The van der Waals surface area contributed by atoms with Gasteiger partial charge in [0.25, 0.3) is 0 Å². The molecule has 0 unspecified atom stereocenters. The van der Waals surface area contributed by atoms with Crippen LogP contribution >= 0.6 is 0 Å². The Morgan fingerprint density at radius 3 is 2.07 bits per heavy atom. The van der Waals surface area contributed by atoms with E-state index >= 15 is 0 Å². The average Bonchev–Trinajstić information content (AvgIpc) is 2.99. The zero-order valence-corrected chi connectivity index (χ0v) is 9.96. The van der Waals surface area contributed by atoms with Gasteiger partial charge in [-0.1, -0.05) is 45.0 Å². The Kier molecular flexibility index (Phi) is 2.59. The summed E-state index contributed by atoms with van der Waals surface area (Å²) in [5.74, 6) is 0.838. The lowest BCUT2D eigenvalue weighted by atomic mass is 9.83. The minimum Gasteiger partial charge on any atom is -0.324 e. The summed E-state index contributed by atoms with van der Waals surface area (Å²) in [5.41, 5.74) is 9.10. The summed E-state index contributed by atoms with van der Waals surface area (Å²) in [7, 11) is 0. The van der Waals surface area contributed by atoms with Crippen molar-refractivity contribution in [3.8, 4) is 0 Å². The summed E-state index contributed by atoms with van der Waals surface area (Å²) in [6.07, 6.45) is 2.73. The van der Waals surface area contributed by atoms with Gasteiger partial charge in [0.15, 0.2) is 0 Å². The van der Waals surface area contributed by atoms with Gasteiger partial charge in [-0.2, -0.15) is 0 Å². The molecule has 0 bridgehead atoms. The molecule has 1 aromatic carbocycles. The highest BCUT2D eigenvalue weighted by Gasteiger charge is 2.25. The molecule has 0 aromatic heterocycles. The van der Waals surface area contributed by atoms with E-state index in [-0.39, 0.29) is 11.5 Å². The normalized spacial score (nSPS) is 18.9. The van der Waals surface area contributed by atoms with Crippen molar-refractivity contribution >= 4 is 0 Å². The highest BCUT2D eigenvalue weighted by Crippen LogP contribution is 2.40. The Hall–Kier alpha value is -0.820. The van der Waals surface area contributed by atoms with Crippen LogP contribution in [0.1, 0.15) is 56.7 Å². The van der Waals surface area contributed by atoms with E-state index in [0.29, 0.717) is 0 Å². The maximum absolute atomic E-state index is 6.21. The van der Waals surface area contributed by atoms with Crippen LogP contribution in [0, 0.1) is 5.41 Å². The number of hydrogen-bond acceptors (Lipinski definition) is 1. The molecular weight excluding hydrogens is 182 g/mol. The Bertz CT molecular complexity index is 327. The van der Waals surface area contributed by atoms with Gasteiger partial charge in [0.05, 0.1) is 0 Å². The van der Waals surface area contributed by atoms with Gasteiger partial charge in [-0.05, 0) is 35.3 Å². The van der Waals surface area contributed by atoms with Crippen LogP contribution < -0.4 is 5.73 Å². The molecule has 82 valence electrons. The summed E-state index contributed by atoms with van der Waals surface area (Å²) >= 11 is 0. The van der Waals surface area contributed by atoms with E-state index in [9.17, 15) is 0 Å². The number of benzene rings is 1. The van der Waals surface area contributed by atoms with Crippen LogP contribution in [-0.2, 0) is 0 Å². The van der Waals surface area contributed by atoms with Gasteiger partial charge in [-0.25, -0.2) is 0 Å². The van der Waals surface area contributed by atoms with Crippen molar-refractivity contribution in [2.75, 3.05) is 0 Å². The molecule has 0 radical (unpaired) electrons. The first-order valence-corrected chi connectivity index (χ1v) is 5.84. The second-order valence-corrected chi connectivity index (χ2v) is 5.78. The highest BCUT2D eigenvalue weighted by atomic mass is 14.7. The summed E-state index contributed by atoms with van der Waals surface area (Å²) in [5, 5.41) is 0. The predicted molar refractivity (Wildman–Crippen MR) is 64.8 cm³/mol. The van der Waals surface area contributed by atoms with E-state index < -0.39 is 0 Å². The van der Waals surface area contributed by atoms with E-state index in [1.54, 1.807) is 0 Å². The lowest BCUT2D eigenvalue weighted by Crippen LogP contribution is -2.26. The Morgan fingerprint density at radius 1 is 1.13 bits per heavy atom. The van der Waals surface area contributed by atoms with Gasteiger partial charge in [-0.3, -0.25) is 0 Å². The van der Waals surface area contributed by atoms with Gasteiger partial charge in [0, 0.05) is 6.04 Å². The van der Waals surface area contributed by atoms with Crippen molar-refractivity contribution in [2.45, 2.75) is 45.6 Å². The van der Waals surface area contributed by atoms with Gasteiger partial charge in [0.2, 0.25) is 0 Å². The molecule has 1 aliphatic rings. The van der Waals surface area contributed by atoms with Crippen molar-refractivity contribution < 1.29 is 0 Å². The molecule has 0 spiro atoms. The Labute approximate surface area is 92.7 Å². The van der Waals surface area contributed by atoms with Crippen molar-refractivity contribution in [3.05, 3.63) is 35.4 Å². The topological polar surface area (TPSA) is 26.0 Å². The van der Waals surface area contributed by atoms with E-state index in [1.807, 2.05) is 0 Å². The van der Waals surface area contributed by atoms with Gasteiger partial charge >= 0.3 is 0 Å². The zero-order valence-electron chi connectivity index (χ0n) is 9.96. The SMILES string of the molecule is CC(C)(C)[C@@H](N)c1ccc(C2CC2)cc1. The van der Waals surface area contributed by atoms with E-state index in [0.717, 1.165) is 5.92 Å². The number of hydrogen-bond donors (Lipinski definition) is 1. The van der Waals surface area contributed by atoms with Crippen LogP contribution in [0.5, 0.6) is 0 Å². The third-order valence-electron chi connectivity index (χ3n) is 3.28. The third kappa shape index (κ3) is 2.40. The highest BCUT2D eigenvalue weighted by molar-refractivity contribution is 5.30. The van der Waals surface area contributed by atoms with Crippen LogP contribution in [0.4, 0.5) is 0 Å². The molecule has 1 saturated carbocycles. The first kappa shape index (κ1) is 10.7. The molecule has 0 amide bonds. The molecule has 1 aromatic rings. The van der Waals surface area contributed by atoms with Crippen LogP contribution in [0.25, 0.3) is 0 Å². The fourth-order valence-electron chi connectivity index (χ4n) is 1.89. The van der Waals surface area contributed by atoms with Crippen LogP contribution in [0.15, 0.2) is 24.3 Å².